The molecule has 4 N–H and O–H groups in total. The maximum absolute atomic E-state index is 11.1. The highest BCUT2D eigenvalue weighted by Crippen LogP contribution is 1.98. The predicted octanol–water partition coefficient (Wildman–Crippen LogP) is -0.0477. The Balaban J connectivity index is 3.40. The van der Waals surface area contributed by atoms with Crippen LogP contribution >= 0.6 is 0 Å². The van der Waals surface area contributed by atoms with Crippen molar-refractivity contribution in [3.05, 3.63) is 0 Å². The number of nitrogens with two attached hydrogens (primary N) is 1. The summed E-state index contributed by atoms with van der Waals surface area (Å²) in [7, 11) is 0. The zero-order valence-electron chi connectivity index (χ0n) is 8.45. The standard InChI is InChI=1S/C9H18N2O3/c1-7(6-10)5-8(12)11-4-2-3-9(13)14/h7H,2-6,10H2,1H3,(H,11,12)(H,13,14). The molecule has 1 amide bonds. The molecule has 0 fully saturated rings. The third-order valence-corrected chi connectivity index (χ3v) is 1.83. The number of carbonyl (C=O) groups excluding carboxylic acids is 1. The molecule has 0 spiro atoms. The van der Waals surface area contributed by atoms with Crippen molar-refractivity contribution in [1.82, 2.24) is 5.32 Å². The molecule has 0 heterocycles. The van der Waals surface area contributed by atoms with Crippen LogP contribution in [0.4, 0.5) is 0 Å². The van der Waals surface area contributed by atoms with Crippen LogP contribution < -0.4 is 11.1 Å². The van der Waals surface area contributed by atoms with Gasteiger partial charge in [-0.1, -0.05) is 6.92 Å². The molecule has 5 nitrogen and oxygen atoms in total. The van der Waals surface area contributed by atoms with E-state index < -0.39 is 5.97 Å². The lowest BCUT2D eigenvalue weighted by Gasteiger charge is -2.08. The molecule has 0 radical (unpaired) electrons. The van der Waals surface area contributed by atoms with E-state index in [1.54, 1.807) is 0 Å². The molecule has 0 aromatic rings. The number of carbonyl (C=O) groups is 2. The average Bonchev–Trinajstić information content (AvgIpc) is 2.12. The summed E-state index contributed by atoms with van der Waals surface area (Å²) in [6, 6.07) is 0. The highest BCUT2D eigenvalue weighted by atomic mass is 16.4. The van der Waals surface area contributed by atoms with Crippen LogP contribution in [0, 0.1) is 5.92 Å². The van der Waals surface area contributed by atoms with Crippen molar-refractivity contribution in [2.75, 3.05) is 13.1 Å². The molecular formula is C9H18N2O3. The fraction of sp³-hybridized carbons (Fsp3) is 0.778. The number of hydrogen-bond donors (Lipinski definition) is 3. The van der Waals surface area contributed by atoms with Gasteiger partial charge in [-0.05, 0) is 18.9 Å². The van der Waals surface area contributed by atoms with Gasteiger partial charge in [0.25, 0.3) is 0 Å². The summed E-state index contributed by atoms with van der Waals surface area (Å²) in [5, 5.41) is 11.0. The van der Waals surface area contributed by atoms with Crippen LogP contribution in [-0.4, -0.2) is 30.1 Å². The van der Waals surface area contributed by atoms with Crippen LogP contribution in [0.3, 0.4) is 0 Å². The van der Waals surface area contributed by atoms with Gasteiger partial charge in [-0.15, -0.1) is 0 Å². The first-order valence-electron chi connectivity index (χ1n) is 4.74. The molecule has 14 heavy (non-hydrogen) atoms. The summed E-state index contributed by atoms with van der Waals surface area (Å²) in [6.07, 6.45) is 0.967. The highest BCUT2D eigenvalue weighted by Gasteiger charge is 2.06. The number of aliphatic carboxylic acids is 1. The maximum Gasteiger partial charge on any atom is 0.303 e. The zero-order chi connectivity index (χ0) is 11.0. The van der Waals surface area contributed by atoms with Crippen molar-refractivity contribution >= 4 is 11.9 Å². The SMILES string of the molecule is CC(CN)CC(=O)NCCCC(=O)O. The van der Waals surface area contributed by atoms with Crippen molar-refractivity contribution < 1.29 is 14.7 Å². The molecule has 82 valence electrons. The van der Waals surface area contributed by atoms with Gasteiger partial charge in [0.1, 0.15) is 0 Å². The van der Waals surface area contributed by atoms with E-state index in [0.717, 1.165) is 0 Å². The Morgan fingerprint density at radius 2 is 2.14 bits per heavy atom. The molecule has 0 aromatic carbocycles. The summed E-state index contributed by atoms with van der Waals surface area (Å²) < 4.78 is 0. The van der Waals surface area contributed by atoms with Crippen LogP contribution in [0.1, 0.15) is 26.2 Å². The van der Waals surface area contributed by atoms with Gasteiger partial charge in [-0.3, -0.25) is 9.59 Å². The van der Waals surface area contributed by atoms with Crippen molar-refractivity contribution in [1.29, 1.82) is 0 Å². The van der Waals surface area contributed by atoms with Crippen LogP contribution in [0.2, 0.25) is 0 Å². The number of nitrogens with one attached hydrogen (secondary N) is 1. The smallest absolute Gasteiger partial charge is 0.303 e. The number of hydrogen-bond acceptors (Lipinski definition) is 3. The molecule has 5 heteroatoms. The van der Waals surface area contributed by atoms with Gasteiger partial charge in [0.05, 0.1) is 0 Å². The molecule has 0 saturated carbocycles. The first-order chi connectivity index (χ1) is 6.56. The molecule has 0 bridgehead atoms. The third-order valence-electron chi connectivity index (χ3n) is 1.83. The van der Waals surface area contributed by atoms with E-state index in [0.29, 0.717) is 25.9 Å². The summed E-state index contributed by atoms with van der Waals surface area (Å²) in [5.41, 5.74) is 5.36. The van der Waals surface area contributed by atoms with Crippen molar-refractivity contribution in [2.45, 2.75) is 26.2 Å². The number of carboxylic acid groups (broad SMARTS) is 1. The Kier molecular flexibility index (Phi) is 6.74. The molecule has 0 aliphatic rings. The first-order valence-corrected chi connectivity index (χ1v) is 4.74. The Bertz CT molecular complexity index is 194. The van der Waals surface area contributed by atoms with Gasteiger partial charge in [0, 0.05) is 19.4 Å². The van der Waals surface area contributed by atoms with Gasteiger partial charge in [-0.2, -0.15) is 0 Å². The van der Waals surface area contributed by atoms with E-state index in [9.17, 15) is 9.59 Å². The van der Waals surface area contributed by atoms with Gasteiger partial charge in [0.15, 0.2) is 0 Å². The molecule has 0 aromatic heterocycles. The van der Waals surface area contributed by atoms with Crippen molar-refractivity contribution in [3.63, 3.8) is 0 Å². The minimum atomic E-state index is -0.838. The quantitative estimate of drug-likeness (QED) is 0.505. The average molecular weight is 202 g/mol. The van der Waals surface area contributed by atoms with Crippen LogP contribution in [0.5, 0.6) is 0 Å². The fourth-order valence-corrected chi connectivity index (χ4v) is 0.939. The number of amides is 1. The van der Waals surface area contributed by atoms with Crippen molar-refractivity contribution in [3.8, 4) is 0 Å². The molecule has 0 rings (SSSR count). The van der Waals surface area contributed by atoms with E-state index >= 15 is 0 Å². The Morgan fingerprint density at radius 1 is 1.50 bits per heavy atom. The van der Waals surface area contributed by atoms with E-state index in [-0.39, 0.29) is 18.2 Å². The Labute approximate surface area is 83.7 Å². The fourth-order valence-electron chi connectivity index (χ4n) is 0.939. The molecule has 0 aliphatic heterocycles. The van der Waals surface area contributed by atoms with Crippen LogP contribution in [0.15, 0.2) is 0 Å². The summed E-state index contributed by atoms with van der Waals surface area (Å²) in [4.78, 5) is 21.3. The van der Waals surface area contributed by atoms with Gasteiger partial charge in [-0.25, -0.2) is 0 Å². The highest BCUT2D eigenvalue weighted by molar-refractivity contribution is 5.76. The topological polar surface area (TPSA) is 92.4 Å². The minimum absolute atomic E-state index is 0.0617. The van der Waals surface area contributed by atoms with Gasteiger partial charge >= 0.3 is 5.97 Å². The van der Waals surface area contributed by atoms with E-state index in [1.165, 1.54) is 0 Å². The first kappa shape index (κ1) is 12.9. The normalized spacial score (nSPS) is 12.1. The number of carboxylic acids is 1. The second-order valence-corrected chi connectivity index (χ2v) is 3.39. The lowest BCUT2D eigenvalue weighted by atomic mass is 10.1. The molecular weight excluding hydrogens is 184 g/mol. The lowest BCUT2D eigenvalue weighted by molar-refractivity contribution is -0.137. The monoisotopic (exact) mass is 202 g/mol. The molecule has 0 saturated heterocycles. The number of rotatable bonds is 7. The van der Waals surface area contributed by atoms with Gasteiger partial charge < -0.3 is 16.2 Å². The predicted molar refractivity (Wildman–Crippen MR) is 52.7 cm³/mol. The largest absolute Gasteiger partial charge is 0.481 e. The molecule has 0 aliphatic carbocycles. The summed E-state index contributed by atoms with van der Waals surface area (Å²) >= 11 is 0. The zero-order valence-corrected chi connectivity index (χ0v) is 8.45. The minimum Gasteiger partial charge on any atom is -0.481 e. The lowest BCUT2D eigenvalue weighted by Crippen LogP contribution is -2.28. The summed E-state index contributed by atoms with van der Waals surface area (Å²) in [5.74, 6) is -0.725. The second-order valence-electron chi connectivity index (χ2n) is 3.39. The van der Waals surface area contributed by atoms with Crippen LogP contribution in [-0.2, 0) is 9.59 Å². The van der Waals surface area contributed by atoms with E-state index in [2.05, 4.69) is 5.32 Å². The van der Waals surface area contributed by atoms with Crippen LogP contribution in [0.25, 0.3) is 0 Å². The molecule has 1 unspecified atom stereocenters. The van der Waals surface area contributed by atoms with Gasteiger partial charge in [0.2, 0.25) is 5.91 Å². The molecule has 1 atom stereocenters. The Hall–Kier alpha value is -1.10. The Morgan fingerprint density at radius 3 is 2.64 bits per heavy atom. The third kappa shape index (κ3) is 7.54. The van der Waals surface area contributed by atoms with E-state index in [1.807, 2.05) is 6.92 Å². The van der Waals surface area contributed by atoms with E-state index in [4.69, 9.17) is 10.8 Å². The van der Waals surface area contributed by atoms with Crippen molar-refractivity contribution in [2.24, 2.45) is 11.7 Å². The second kappa shape index (κ2) is 7.32. The maximum atomic E-state index is 11.1. The summed E-state index contributed by atoms with van der Waals surface area (Å²) in [6.45, 7) is 2.81.